The summed E-state index contributed by atoms with van der Waals surface area (Å²) >= 11 is 0. The number of aromatic nitrogens is 1. The van der Waals surface area contributed by atoms with Crippen LogP contribution in [0.1, 0.15) is 17.0 Å². The molecule has 5 heteroatoms. The molecular weight excluding hydrogens is 269 g/mol. The van der Waals surface area contributed by atoms with Crippen LogP contribution in [-0.2, 0) is 6.54 Å². The number of benzene rings is 1. The predicted octanol–water partition coefficient (Wildman–Crippen LogP) is 2.75. The van der Waals surface area contributed by atoms with E-state index in [0.29, 0.717) is 5.69 Å². The zero-order chi connectivity index (χ0) is 14.8. The highest BCUT2D eigenvalue weighted by Gasteiger charge is 2.21. The van der Waals surface area contributed by atoms with Crippen LogP contribution >= 0.6 is 0 Å². The largest absolute Gasteiger partial charge is 0.367 e. The van der Waals surface area contributed by atoms with Gasteiger partial charge in [0.2, 0.25) is 0 Å². The fourth-order valence-electron chi connectivity index (χ4n) is 2.81. The summed E-state index contributed by atoms with van der Waals surface area (Å²) in [6, 6.07) is 6.98. The summed E-state index contributed by atoms with van der Waals surface area (Å²) in [6.45, 7) is 8.28. The molecule has 112 valence electrons. The Labute approximate surface area is 124 Å². The van der Waals surface area contributed by atoms with Crippen LogP contribution in [0.4, 0.5) is 10.1 Å². The molecular formula is C16H20FN3O. The van der Waals surface area contributed by atoms with Crippen molar-refractivity contribution in [3.63, 3.8) is 0 Å². The number of aryl methyl sites for hydroxylation is 2. The van der Waals surface area contributed by atoms with Gasteiger partial charge in [0.1, 0.15) is 11.6 Å². The van der Waals surface area contributed by atoms with Crippen molar-refractivity contribution in [2.75, 3.05) is 31.1 Å². The van der Waals surface area contributed by atoms with Crippen LogP contribution < -0.4 is 4.90 Å². The fraction of sp³-hybridized carbons (Fsp3) is 0.438. The number of nitrogens with zero attached hydrogens (tertiary/aromatic N) is 3. The van der Waals surface area contributed by atoms with Crippen LogP contribution in [0.3, 0.4) is 0 Å². The summed E-state index contributed by atoms with van der Waals surface area (Å²) in [4.78, 5) is 4.48. The first-order valence-electron chi connectivity index (χ1n) is 7.28. The molecule has 0 radical (unpaired) electrons. The molecule has 3 rings (SSSR count). The Balaban J connectivity index is 1.62. The maximum atomic E-state index is 13.8. The van der Waals surface area contributed by atoms with Gasteiger partial charge in [-0.15, -0.1) is 0 Å². The molecule has 0 spiro atoms. The van der Waals surface area contributed by atoms with Gasteiger partial charge >= 0.3 is 0 Å². The average Bonchev–Trinajstić information content (AvgIpc) is 2.81. The molecule has 21 heavy (non-hydrogen) atoms. The first-order chi connectivity index (χ1) is 10.1. The van der Waals surface area contributed by atoms with Crippen LogP contribution in [0.2, 0.25) is 0 Å². The lowest BCUT2D eigenvalue weighted by Crippen LogP contribution is -2.46. The Morgan fingerprint density at radius 3 is 2.48 bits per heavy atom. The van der Waals surface area contributed by atoms with E-state index in [-0.39, 0.29) is 5.82 Å². The highest BCUT2D eigenvalue weighted by atomic mass is 19.1. The molecule has 1 aromatic heterocycles. The first-order valence-corrected chi connectivity index (χ1v) is 7.28. The van der Waals surface area contributed by atoms with E-state index in [1.165, 1.54) is 11.6 Å². The zero-order valence-electron chi connectivity index (χ0n) is 12.5. The second kappa shape index (κ2) is 5.85. The van der Waals surface area contributed by atoms with Gasteiger partial charge in [0.25, 0.3) is 0 Å². The summed E-state index contributed by atoms with van der Waals surface area (Å²) in [5.41, 5.74) is 2.84. The Kier molecular flexibility index (Phi) is 3.92. The first kappa shape index (κ1) is 14.1. The van der Waals surface area contributed by atoms with Crippen molar-refractivity contribution in [3.05, 3.63) is 47.1 Å². The smallest absolute Gasteiger partial charge is 0.146 e. The molecule has 0 bridgehead atoms. The van der Waals surface area contributed by atoms with Gasteiger partial charge in [0.15, 0.2) is 0 Å². The highest BCUT2D eigenvalue weighted by molar-refractivity contribution is 5.48. The molecule has 1 saturated heterocycles. The molecule has 0 unspecified atom stereocenters. The Morgan fingerprint density at radius 1 is 1.14 bits per heavy atom. The van der Waals surface area contributed by atoms with Gasteiger partial charge in [0.05, 0.1) is 11.4 Å². The summed E-state index contributed by atoms with van der Waals surface area (Å²) < 4.78 is 19.0. The van der Waals surface area contributed by atoms with Crippen molar-refractivity contribution >= 4 is 5.69 Å². The van der Waals surface area contributed by atoms with Crippen LogP contribution in [0.15, 0.2) is 28.8 Å². The summed E-state index contributed by atoms with van der Waals surface area (Å²) in [6.07, 6.45) is 0. The lowest BCUT2D eigenvalue weighted by atomic mass is 10.1. The third-order valence-corrected chi connectivity index (χ3v) is 4.13. The quantitative estimate of drug-likeness (QED) is 0.870. The van der Waals surface area contributed by atoms with Gasteiger partial charge in [0, 0.05) is 38.3 Å². The molecule has 0 atom stereocenters. The maximum Gasteiger partial charge on any atom is 0.146 e. The van der Waals surface area contributed by atoms with Crippen molar-refractivity contribution < 1.29 is 8.91 Å². The minimum Gasteiger partial charge on any atom is -0.367 e. The van der Waals surface area contributed by atoms with Crippen LogP contribution in [-0.4, -0.2) is 36.2 Å². The molecule has 1 aliphatic rings. The van der Waals surface area contributed by atoms with Gasteiger partial charge in [-0.2, -0.15) is 0 Å². The number of rotatable bonds is 3. The summed E-state index contributed by atoms with van der Waals surface area (Å²) in [7, 11) is 0. The van der Waals surface area contributed by atoms with E-state index in [4.69, 9.17) is 4.52 Å². The van der Waals surface area contributed by atoms with Crippen LogP contribution in [0.25, 0.3) is 0 Å². The molecule has 1 aromatic carbocycles. The third kappa shape index (κ3) is 2.93. The standard InChI is InChI=1S/C16H20FN3O/c1-12-14(13(2)21-18-12)11-19-7-9-20(10-8-19)16-6-4-3-5-15(16)17/h3-6H,7-11H2,1-2H3. The highest BCUT2D eigenvalue weighted by Crippen LogP contribution is 2.21. The van der Waals surface area contributed by atoms with Crippen molar-refractivity contribution in [2.24, 2.45) is 0 Å². The van der Waals surface area contributed by atoms with Crippen molar-refractivity contribution in [2.45, 2.75) is 20.4 Å². The van der Waals surface area contributed by atoms with Crippen molar-refractivity contribution in [1.82, 2.24) is 10.1 Å². The van der Waals surface area contributed by atoms with Gasteiger partial charge < -0.3 is 9.42 Å². The average molecular weight is 289 g/mol. The Bertz CT molecular complexity index is 598. The van der Waals surface area contributed by atoms with E-state index < -0.39 is 0 Å². The second-order valence-electron chi connectivity index (χ2n) is 5.52. The Hall–Kier alpha value is -1.88. The van der Waals surface area contributed by atoms with Gasteiger partial charge in [-0.05, 0) is 26.0 Å². The van der Waals surface area contributed by atoms with Crippen LogP contribution in [0, 0.1) is 19.7 Å². The van der Waals surface area contributed by atoms with E-state index in [0.717, 1.165) is 44.2 Å². The van der Waals surface area contributed by atoms with E-state index in [9.17, 15) is 4.39 Å². The molecule has 2 heterocycles. The van der Waals surface area contributed by atoms with E-state index >= 15 is 0 Å². The number of piperazine rings is 1. The summed E-state index contributed by atoms with van der Waals surface area (Å²) in [5.74, 6) is 0.751. The molecule has 1 fully saturated rings. The third-order valence-electron chi connectivity index (χ3n) is 4.13. The lowest BCUT2D eigenvalue weighted by molar-refractivity contribution is 0.247. The maximum absolute atomic E-state index is 13.8. The number of hydrogen-bond donors (Lipinski definition) is 0. The molecule has 4 nitrogen and oxygen atoms in total. The molecule has 0 N–H and O–H groups in total. The number of hydrogen-bond acceptors (Lipinski definition) is 4. The minimum atomic E-state index is -0.142. The normalized spacial score (nSPS) is 16.4. The van der Waals surface area contributed by atoms with Gasteiger partial charge in [-0.25, -0.2) is 4.39 Å². The molecule has 0 amide bonds. The molecule has 0 aliphatic carbocycles. The Morgan fingerprint density at radius 2 is 1.86 bits per heavy atom. The van der Waals surface area contributed by atoms with Crippen molar-refractivity contribution in [1.29, 1.82) is 0 Å². The zero-order valence-corrected chi connectivity index (χ0v) is 12.5. The van der Waals surface area contributed by atoms with Crippen molar-refractivity contribution in [3.8, 4) is 0 Å². The SMILES string of the molecule is Cc1noc(C)c1CN1CCN(c2ccccc2F)CC1. The summed E-state index contributed by atoms with van der Waals surface area (Å²) in [5, 5.41) is 3.99. The number of halogens is 1. The van der Waals surface area contributed by atoms with Crippen LogP contribution in [0.5, 0.6) is 0 Å². The lowest BCUT2D eigenvalue weighted by Gasteiger charge is -2.36. The molecule has 0 saturated carbocycles. The predicted molar refractivity (Wildman–Crippen MR) is 79.9 cm³/mol. The fourth-order valence-corrected chi connectivity index (χ4v) is 2.81. The minimum absolute atomic E-state index is 0.142. The van der Waals surface area contributed by atoms with E-state index in [1.807, 2.05) is 26.0 Å². The molecule has 1 aliphatic heterocycles. The topological polar surface area (TPSA) is 32.5 Å². The van der Waals surface area contributed by atoms with E-state index in [2.05, 4.69) is 15.0 Å². The molecule has 2 aromatic rings. The number of anilines is 1. The second-order valence-corrected chi connectivity index (χ2v) is 5.52. The van der Waals surface area contributed by atoms with Gasteiger partial charge in [-0.3, -0.25) is 4.90 Å². The van der Waals surface area contributed by atoms with E-state index in [1.54, 1.807) is 6.07 Å². The van der Waals surface area contributed by atoms with Gasteiger partial charge in [-0.1, -0.05) is 17.3 Å². The number of para-hydroxylation sites is 1. The monoisotopic (exact) mass is 289 g/mol.